The number of rotatable bonds is 5. The van der Waals surface area contributed by atoms with Gasteiger partial charge in [-0.05, 0) is 12.5 Å². The summed E-state index contributed by atoms with van der Waals surface area (Å²) in [4.78, 5) is 22.9. The van der Waals surface area contributed by atoms with Gasteiger partial charge in [0.15, 0.2) is 0 Å². The lowest BCUT2D eigenvalue weighted by molar-refractivity contribution is -0.139. The standard InChI is InChI=1S/C14H15F2NO3/c1-13(8-14(13,15)16)12(20)17-7-10(11(18)19)9-5-3-2-4-6-9/h2-6,10H,7-8H2,1H3,(H,17,20)(H,18,19). The molecule has 1 aliphatic carbocycles. The number of benzene rings is 1. The largest absolute Gasteiger partial charge is 0.481 e. The number of carboxylic acids is 1. The summed E-state index contributed by atoms with van der Waals surface area (Å²) >= 11 is 0. The molecule has 6 heteroatoms. The molecule has 0 aromatic heterocycles. The summed E-state index contributed by atoms with van der Waals surface area (Å²) in [6.07, 6.45) is -0.491. The molecule has 20 heavy (non-hydrogen) atoms. The van der Waals surface area contributed by atoms with Gasteiger partial charge in [0.05, 0.1) is 5.92 Å². The predicted molar refractivity (Wildman–Crippen MR) is 67.5 cm³/mol. The molecule has 2 atom stereocenters. The van der Waals surface area contributed by atoms with Gasteiger partial charge in [0.2, 0.25) is 5.91 Å². The summed E-state index contributed by atoms with van der Waals surface area (Å²) in [6.45, 7) is 0.977. The maximum absolute atomic E-state index is 13.1. The Morgan fingerprint density at radius 2 is 1.90 bits per heavy atom. The van der Waals surface area contributed by atoms with E-state index >= 15 is 0 Å². The van der Waals surface area contributed by atoms with Gasteiger partial charge in [0, 0.05) is 13.0 Å². The summed E-state index contributed by atoms with van der Waals surface area (Å²) < 4.78 is 26.1. The monoisotopic (exact) mass is 283 g/mol. The fraction of sp³-hybridized carbons (Fsp3) is 0.429. The molecule has 1 aliphatic rings. The SMILES string of the molecule is CC1(C(=O)NCC(C(=O)O)c2ccccc2)CC1(F)F. The minimum absolute atomic E-state index is 0.205. The van der Waals surface area contributed by atoms with Crippen LogP contribution in [0.15, 0.2) is 30.3 Å². The van der Waals surface area contributed by atoms with Gasteiger partial charge in [-0.15, -0.1) is 0 Å². The quantitative estimate of drug-likeness (QED) is 0.868. The summed E-state index contributed by atoms with van der Waals surface area (Å²) in [6, 6.07) is 8.36. The summed E-state index contributed by atoms with van der Waals surface area (Å²) in [5.41, 5.74) is -1.18. The van der Waals surface area contributed by atoms with Crippen molar-refractivity contribution in [3.63, 3.8) is 0 Å². The van der Waals surface area contributed by atoms with Crippen molar-refractivity contribution in [2.75, 3.05) is 6.54 Å². The Labute approximate surface area is 114 Å². The number of carbonyl (C=O) groups is 2. The maximum atomic E-state index is 13.1. The molecule has 108 valence electrons. The van der Waals surface area contributed by atoms with Crippen LogP contribution in [0.2, 0.25) is 0 Å². The van der Waals surface area contributed by atoms with E-state index in [0.717, 1.165) is 0 Å². The van der Waals surface area contributed by atoms with Crippen LogP contribution in [0.4, 0.5) is 8.78 Å². The zero-order valence-electron chi connectivity index (χ0n) is 10.9. The molecule has 0 radical (unpaired) electrons. The fourth-order valence-corrected chi connectivity index (χ4v) is 2.07. The number of carboxylic acid groups (broad SMARTS) is 1. The van der Waals surface area contributed by atoms with Gasteiger partial charge < -0.3 is 10.4 Å². The second kappa shape index (κ2) is 4.85. The van der Waals surface area contributed by atoms with Crippen LogP contribution < -0.4 is 5.32 Å². The van der Waals surface area contributed by atoms with E-state index in [4.69, 9.17) is 5.11 Å². The van der Waals surface area contributed by atoms with Crippen molar-refractivity contribution in [2.45, 2.75) is 25.2 Å². The van der Waals surface area contributed by atoms with Crippen molar-refractivity contribution in [1.29, 1.82) is 0 Å². The van der Waals surface area contributed by atoms with E-state index in [2.05, 4.69) is 5.32 Å². The highest BCUT2D eigenvalue weighted by Crippen LogP contribution is 2.60. The molecule has 0 saturated heterocycles. The number of nitrogens with one attached hydrogen (secondary N) is 1. The van der Waals surface area contributed by atoms with Crippen LogP contribution in [0.3, 0.4) is 0 Å². The lowest BCUT2D eigenvalue weighted by Gasteiger charge is -2.16. The van der Waals surface area contributed by atoms with E-state index < -0.39 is 35.6 Å². The Kier molecular flexibility index (Phi) is 3.50. The molecule has 2 rings (SSSR count). The highest BCUT2D eigenvalue weighted by atomic mass is 19.3. The van der Waals surface area contributed by atoms with Crippen LogP contribution in [0.25, 0.3) is 0 Å². The maximum Gasteiger partial charge on any atom is 0.312 e. The summed E-state index contributed by atoms with van der Waals surface area (Å²) in [5.74, 6) is -5.85. The molecule has 1 amide bonds. The summed E-state index contributed by atoms with van der Waals surface area (Å²) in [5, 5.41) is 11.5. The van der Waals surface area contributed by atoms with Gasteiger partial charge in [0.25, 0.3) is 5.92 Å². The molecular weight excluding hydrogens is 268 g/mol. The van der Waals surface area contributed by atoms with Gasteiger partial charge in [-0.2, -0.15) is 0 Å². The first kappa shape index (κ1) is 14.4. The Hall–Kier alpha value is -1.98. The molecule has 2 N–H and O–H groups in total. The Morgan fingerprint density at radius 3 is 2.35 bits per heavy atom. The molecule has 4 nitrogen and oxygen atoms in total. The number of hydrogen-bond donors (Lipinski definition) is 2. The van der Waals surface area contributed by atoms with Gasteiger partial charge >= 0.3 is 5.97 Å². The molecular formula is C14H15F2NO3. The third-order valence-electron chi connectivity index (χ3n) is 3.73. The lowest BCUT2D eigenvalue weighted by atomic mass is 9.99. The number of aliphatic carboxylic acids is 1. The van der Waals surface area contributed by atoms with E-state index in [-0.39, 0.29) is 6.54 Å². The molecule has 1 aromatic rings. The lowest BCUT2D eigenvalue weighted by Crippen LogP contribution is -2.37. The highest BCUT2D eigenvalue weighted by Gasteiger charge is 2.72. The number of alkyl halides is 2. The van der Waals surface area contributed by atoms with Crippen molar-refractivity contribution in [3.8, 4) is 0 Å². The molecule has 2 unspecified atom stereocenters. The Morgan fingerprint density at radius 1 is 1.35 bits per heavy atom. The normalized spacial score (nSPS) is 24.8. The van der Waals surface area contributed by atoms with Crippen molar-refractivity contribution < 1.29 is 23.5 Å². The molecule has 1 aromatic carbocycles. The van der Waals surface area contributed by atoms with Crippen molar-refractivity contribution >= 4 is 11.9 Å². The first-order valence-corrected chi connectivity index (χ1v) is 6.22. The molecule has 0 aliphatic heterocycles. The minimum atomic E-state index is -3.00. The average molecular weight is 283 g/mol. The van der Waals surface area contributed by atoms with Crippen LogP contribution in [0.5, 0.6) is 0 Å². The minimum Gasteiger partial charge on any atom is -0.481 e. The van der Waals surface area contributed by atoms with Crippen LogP contribution in [0, 0.1) is 5.41 Å². The van der Waals surface area contributed by atoms with Gasteiger partial charge in [0.1, 0.15) is 5.41 Å². The number of halogens is 2. The average Bonchev–Trinajstić information content (AvgIpc) is 2.91. The van der Waals surface area contributed by atoms with Gasteiger partial charge in [-0.25, -0.2) is 8.78 Å². The Bertz CT molecular complexity index is 532. The van der Waals surface area contributed by atoms with Crippen molar-refractivity contribution in [3.05, 3.63) is 35.9 Å². The molecule has 0 bridgehead atoms. The zero-order chi connectivity index (χ0) is 15.0. The van der Waals surface area contributed by atoms with Crippen LogP contribution >= 0.6 is 0 Å². The van der Waals surface area contributed by atoms with Crippen LogP contribution in [-0.4, -0.2) is 29.5 Å². The van der Waals surface area contributed by atoms with Crippen LogP contribution in [-0.2, 0) is 9.59 Å². The molecule has 0 heterocycles. The van der Waals surface area contributed by atoms with E-state index in [1.165, 1.54) is 6.92 Å². The molecule has 1 saturated carbocycles. The van der Waals surface area contributed by atoms with E-state index in [9.17, 15) is 18.4 Å². The molecule has 0 spiro atoms. The van der Waals surface area contributed by atoms with Gasteiger partial charge in [-0.3, -0.25) is 9.59 Å². The molecule has 1 fully saturated rings. The third-order valence-corrected chi connectivity index (χ3v) is 3.73. The predicted octanol–water partition coefficient (Wildman–Crippen LogP) is 2.02. The topological polar surface area (TPSA) is 66.4 Å². The van der Waals surface area contributed by atoms with E-state index in [1.54, 1.807) is 30.3 Å². The fourth-order valence-electron chi connectivity index (χ4n) is 2.07. The third kappa shape index (κ3) is 2.50. The van der Waals surface area contributed by atoms with E-state index in [0.29, 0.717) is 5.56 Å². The second-order valence-electron chi connectivity index (χ2n) is 5.22. The first-order chi connectivity index (χ1) is 9.28. The number of amides is 1. The van der Waals surface area contributed by atoms with Gasteiger partial charge in [-0.1, -0.05) is 30.3 Å². The second-order valence-corrected chi connectivity index (χ2v) is 5.22. The van der Waals surface area contributed by atoms with E-state index in [1.807, 2.05) is 0 Å². The van der Waals surface area contributed by atoms with Crippen LogP contribution in [0.1, 0.15) is 24.8 Å². The highest BCUT2D eigenvalue weighted by molar-refractivity contribution is 5.87. The summed E-state index contributed by atoms with van der Waals surface area (Å²) in [7, 11) is 0. The first-order valence-electron chi connectivity index (χ1n) is 6.22. The number of carbonyl (C=O) groups excluding carboxylic acids is 1. The van der Waals surface area contributed by atoms with Crippen molar-refractivity contribution in [2.24, 2.45) is 5.41 Å². The number of hydrogen-bond acceptors (Lipinski definition) is 2. The zero-order valence-corrected chi connectivity index (χ0v) is 10.9. The van der Waals surface area contributed by atoms with Crippen molar-refractivity contribution in [1.82, 2.24) is 5.32 Å². The Balaban J connectivity index is 2.01. The smallest absolute Gasteiger partial charge is 0.312 e.